The summed E-state index contributed by atoms with van der Waals surface area (Å²) in [6, 6.07) is 1.17. The lowest BCUT2D eigenvalue weighted by molar-refractivity contribution is 0.244. The second kappa shape index (κ2) is 7.86. The molecule has 0 rings (SSSR count). The molecule has 2 nitrogen and oxygen atoms in total. The molecule has 1 atom stereocenters. The Morgan fingerprint density at radius 3 is 2.19 bits per heavy atom. The van der Waals surface area contributed by atoms with Gasteiger partial charge in [-0.25, -0.2) is 0 Å². The summed E-state index contributed by atoms with van der Waals surface area (Å²) < 4.78 is 0. The molecule has 16 heavy (non-hydrogen) atoms. The summed E-state index contributed by atoms with van der Waals surface area (Å²) in [6.45, 7) is 17.2. The maximum atomic E-state index is 4.12. The van der Waals surface area contributed by atoms with Crippen molar-refractivity contribution in [3.8, 4) is 0 Å². The zero-order chi connectivity index (χ0) is 12.7. The van der Waals surface area contributed by atoms with Crippen LogP contribution in [0.3, 0.4) is 0 Å². The molecule has 0 saturated heterocycles. The van der Waals surface area contributed by atoms with E-state index >= 15 is 0 Å². The highest BCUT2D eigenvalue weighted by atomic mass is 15.1. The Labute approximate surface area is 102 Å². The van der Waals surface area contributed by atoms with Crippen molar-refractivity contribution in [3.05, 3.63) is 12.2 Å². The lowest BCUT2D eigenvalue weighted by Gasteiger charge is -2.27. The highest BCUT2D eigenvalue weighted by molar-refractivity contribution is 5.00. The van der Waals surface area contributed by atoms with Crippen molar-refractivity contribution < 1.29 is 0 Å². The topological polar surface area (TPSA) is 15.3 Å². The summed E-state index contributed by atoms with van der Waals surface area (Å²) >= 11 is 0. The lowest BCUT2D eigenvalue weighted by Crippen LogP contribution is -2.34. The van der Waals surface area contributed by atoms with E-state index in [9.17, 15) is 0 Å². The van der Waals surface area contributed by atoms with Gasteiger partial charge in [0.2, 0.25) is 0 Å². The average Bonchev–Trinajstić information content (AvgIpc) is 2.13. The van der Waals surface area contributed by atoms with E-state index in [-0.39, 0.29) is 0 Å². The summed E-state index contributed by atoms with van der Waals surface area (Å²) in [5.74, 6) is 0.763. The van der Waals surface area contributed by atoms with Gasteiger partial charge in [-0.2, -0.15) is 0 Å². The van der Waals surface area contributed by atoms with Crippen LogP contribution in [-0.4, -0.2) is 37.1 Å². The molecular formula is C14H30N2. The van der Waals surface area contributed by atoms with Gasteiger partial charge in [-0.15, -0.1) is 0 Å². The van der Waals surface area contributed by atoms with E-state index < -0.39 is 0 Å². The van der Waals surface area contributed by atoms with E-state index in [0.29, 0.717) is 12.1 Å². The summed E-state index contributed by atoms with van der Waals surface area (Å²) in [5, 5.41) is 3.40. The predicted molar refractivity (Wildman–Crippen MR) is 73.8 cm³/mol. The van der Waals surface area contributed by atoms with Crippen molar-refractivity contribution in [2.24, 2.45) is 5.92 Å². The van der Waals surface area contributed by atoms with E-state index in [0.717, 1.165) is 19.0 Å². The first-order valence-electron chi connectivity index (χ1n) is 6.43. The monoisotopic (exact) mass is 226 g/mol. The molecule has 96 valence electrons. The molecule has 0 heterocycles. The van der Waals surface area contributed by atoms with Gasteiger partial charge in [0, 0.05) is 25.2 Å². The van der Waals surface area contributed by atoms with Crippen molar-refractivity contribution in [2.45, 2.75) is 53.1 Å². The maximum Gasteiger partial charge on any atom is 0.0202 e. The highest BCUT2D eigenvalue weighted by Gasteiger charge is 2.11. The lowest BCUT2D eigenvalue weighted by atomic mass is 10.0. The normalized spacial score (nSPS) is 13.8. The molecule has 0 radical (unpaired) electrons. The third kappa shape index (κ3) is 7.89. The molecule has 0 aliphatic heterocycles. The largest absolute Gasteiger partial charge is 0.311 e. The van der Waals surface area contributed by atoms with Crippen molar-refractivity contribution in [2.75, 3.05) is 20.1 Å². The number of rotatable bonds is 8. The van der Waals surface area contributed by atoms with E-state index in [1.165, 1.54) is 12.0 Å². The SMILES string of the molecule is C=C(CNC(C)C)CN(C)C(C)CC(C)C. The molecule has 0 saturated carbocycles. The first kappa shape index (κ1) is 15.7. The van der Waals surface area contributed by atoms with Gasteiger partial charge in [0.1, 0.15) is 0 Å². The van der Waals surface area contributed by atoms with E-state index in [2.05, 4.69) is 58.5 Å². The fourth-order valence-electron chi connectivity index (χ4n) is 1.78. The van der Waals surface area contributed by atoms with Gasteiger partial charge in [-0.1, -0.05) is 34.3 Å². The van der Waals surface area contributed by atoms with Crippen molar-refractivity contribution in [1.29, 1.82) is 0 Å². The molecule has 0 spiro atoms. The summed E-state index contributed by atoms with van der Waals surface area (Å²) in [4.78, 5) is 2.39. The molecule has 0 aromatic rings. The second-order valence-corrected chi connectivity index (χ2v) is 5.68. The van der Waals surface area contributed by atoms with Crippen LogP contribution in [0.2, 0.25) is 0 Å². The molecule has 2 heteroatoms. The van der Waals surface area contributed by atoms with Crippen LogP contribution in [0, 0.1) is 5.92 Å². The number of hydrogen-bond acceptors (Lipinski definition) is 2. The van der Waals surface area contributed by atoms with Crippen LogP contribution in [0.5, 0.6) is 0 Å². The molecule has 0 bridgehead atoms. The van der Waals surface area contributed by atoms with Crippen LogP contribution in [0.15, 0.2) is 12.2 Å². The number of hydrogen-bond donors (Lipinski definition) is 1. The van der Waals surface area contributed by atoms with Gasteiger partial charge in [0.05, 0.1) is 0 Å². The first-order chi connectivity index (χ1) is 7.32. The Bertz CT molecular complexity index is 197. The molecule has 0 aliphatic carbocycles. The van der Waals surface area contributed by atoms with Crippen LogP contribution in [0.1, 0.15) is 41.0 Å². The van der Waals surface area contributed by atoms with Crippen molar-refractivity contribution >= 4 is 0 Å². The van der Waals surface area contributed by atoms with Gasteiger partial charge >= 0.3 is 0 Å². The Morgan fingerprint density at radius 1 is 1.19 bits per heavy atom. The Morgan fingerprint density at radius 2 is 1.75 bits per heavy atom. The minimum Gasteiger partial charge on any atom is -0.311 e. The van der Waals surface area contributed by atoms with Crippen LogP contribution >= 0.6 is 0 Å². The zero-order valence-corrected chi connectivity index (χ0v) is 12.0. The number of likely N-dealkylation sites (N-methyl/N-ethyl adjacent to an activating group) is 1. The van der Waals surface area contributed by atoms with Gasteiger partial charge in [-0.05, 0) is 31.9 Å². The fourth-order valence-corrected chi connectivity index (χ4v) is 1.78. The van der Waals surface area contributed by atoms with Crippen LogP contribution in [0.25, 0.3) is 0 Å². The molecule has 0 aromatic carbocycles. The quantitative estimate of drug-likeness (QED) is 0.640. The fraction of sp³-hybridized carbons (Fsp3) is 0.857. The number of nitrogens with zero attached hydrogens (tertiary/aromatic N) is 1. The maximum absolute atomic E-state index is 4.12. The molecule has 1 N–H and O–H groups in total. The van der Waals surface area contributed by atoms with Crippen LogP contribution < -0.4 is 5.32 Å². The van der Waals surface area contributed by atoms with E-state index in [4.69, 9.17) is 0 Å². The van der Waals surface area contributed by atoms with E-state index in [1.807, 2.05) is 0 Å². The minimum atomic E-state index is 0.537. The molecule has 0 aromatic heterocycles. The van der Waals surface area contributed by atoms with E-state index in [1.54, 1.807) is 0 Å². The van der Waals surface area contributed by atoms with Gasteiger partial charge in [0.25, 0.3) is 0 Å². The third-order valence-electron chi connectivity index (χ3n) is 2.80. The Hall–Kier alpha value is -0.340. The second-order valence-electron chi connectivity index (χ2n) is 5.68. The van der Waals surface area contributed by atoms with Crippen LogP contribution in [-0.2, 0) is 0 Å². The number of nitrogens with one attached hydrogen (secondary N) is 1. The molecular weight excluding hydrogens is 196 g/mol. The van der Waals surface area contributed by atoms with Crippen LogP contribution in [0.4, 0.5) is 0 Å². The smallest absolute Gasteiger partial charge is 0.0202 e. The molecule has 0 aliphatic rings. The Kier molecular flexibility index (Phi) is 7.69. The molecule has 0 amide bonds. The molecule has 1 unspecified atom stereocenters. The summed E-state index contributed by atoms with van der Waals surface area (Å²) in [7, 11) is 2.19. The molecule has 0 fully saturated rings. The summed E-state index contributed by atoms with van der Waals surface area (Å²) in [6.07, 6.45) is 1.25. The van der Waals surface area contributed by atoms with Gasteiger partial charge < -0.3 is 5.32 Å². The average molecular weight is 226 g/mol. The standard InChI is InChI=1S/C14H30N2/c1-11(2)8-14(6)16(7)10-13(5)9-15-12(3)4/h11-12,14-15H,5,8-10H2,1-4,6-7H3. The van der Waals surface area contributed by atoms with Gasteiger partial charge in [-0.3, -0.25) is 4.90 Å². The third-order valence-corrected chi connectivity index (χ3v) is 2.80. The first-order valence-corrected chi connectivity index (χ1v) is 6.43. The van der Waals surface area contributed by atoms with Gasteiger partial charge in [0.15, 0.2) is 0 Å². The predicted octanol–water partition coefficient (Wildman–Crippen LogP) is 2.91. The van der Waals surface area contributed by atoms with Crippen molar-refractivity contribution in [1.82, 2.24) is 10.2 Å². The minimum absolute atomic E-state index is 0.537. The summed E-state index contributed by atoms with van der Waals surface area (Å²) in [5.41, 5.74) is 1.27. The Balaban J connectivity index is 3.85. The highest BCUT2D eigenvalue weighted by Crippen LogP contribution is 2.10. The zero-order valence-electron chi connectivity index (χ0n) is 12.0. The van der Waals surface area contributed by atoms with Crippen molar-refractivity contribution in [3.63, 3.8) is 0 Å².